The van der Waals surface area contributed by atoms with Crippen LogP contribution in [0.3, 0.4) is 0 Å². The summed E-state index contributed by atoms with van der Waals surface area (Å²) in [6.07, 6.45) is 0.0727. The van der Waals surface area contributed by atoms with Gasteiger partial charge in [0, 0.05) is 10.8 Å². The van der Waals surface area contributed by atoms with Gasteiger partial charge in [0.2, 0.25) is 0 Å². The Hall–Kier alpha value is -2.98. The number of thiazole rings is 2. The van der Waals surface area contributed by atoms with E-state index in [1.54, 1.807) is 24.8 Å². The van der Waals surface area contributed by atoms with Crippen molar-refractivity contribution in [1.29, 1.82) is 0 Å². The van der Waals surface area contributed by atoms with Crippen LogP contribution >= 0.6 is 22.7 Å². The van der Waals surface area contributed by atoms with Gasteiger partial charge in [0.05, 0.1) is 31.5 Å². The number of hydrogen-bond acceptors (Lipinski definition) is 9. The van der Waals surface area contributed by atoms with Crippen molar-refractivity contribution in [2.45, 2.75) is 20.3 Å². The second-order valence-electron chi connectivity index (χ2n) is 5.95. The minimum Gasteiger partial charge on any atom is -0.495 e. The highest BCUT2D eigenvalue weighted by atomic mass is 32.1. The molecule has 0 saturated carbocycles. The largest absolute Gasteiger partial charge is 0.495 e. The number of amides is 1. The lowest BCUT2D eigenvalue weighted by Gasteiger charge is -2.09. The summed E-state index contributed by atoms with van der Waals surface area (Å²) >= 11 is 2.55. The first-order valence-electron chi connectivity index (χ1n) is 8.77. The highest BCUT2D eigenvalue weighted by molar-refractivity contribution is 7.14. The van der Waals surface area contributed by atoms with Crippen molar-refractivity contribution in [3.63, 3.8) is 0 Å². The van der Waals surface area contributed by atoms with E-state index >= 15 is 0 Å². The fourth-order valence-corrected chi connectivity index (χ4v) is 3.85. The molecule has 0 spiro atoms. The number of nitrogens with zero attached hydrogens (tertiary/aromatic N) is 2. The van der Waals surface area contributed by atoms with Gasteiger partial charge >= 0.3 is 5.97 Å². The minimum atomic E-state index is -0.373. The third kappa shape index (κ3) is 5.52. The van der Waals surface area contributed by atoms with Crippen LogP contribution in [0.4, 0.5) is 16.0 Å². The number of aromatic nitrogens is 2. The van der Waals surface area contributed by atoms with E-state index in [-0.39, 0.29) is 24.0 Å². The summed E-state index contributed by atoms with van der Waals surface area (Å²) in [4.78, 5) is 32.5. The number of ether oxygens (including phenoxy) is 2. The van der Waals surface area contributed by atoms with Gasteiger partial charge in [-0.1, -0.05) is 6.07 Å². The number of methoxy groups -OCH3 is 1. The highest BCUT2D eigenvalue weighted by Gasteiger charge is 2.15. The number of aryl methyl sites for hydroxylation is 1. The molecular formula is C19H20N4O4S2. The first kappa shape index (κ1) is 20.7. The minimum absolute atomic E-state index is 0.0727. The van der Waals surface area contributed by atoms with Crippen LogP contribution < -0.4 is 15.4 Å². The quantitative estimate of drug-likeness (QED) is 0.518. The van der Waals surface area contributed by atoms with E-state index in [2.05, 4.69) is 20.6 Å². The van der Waals surface area contributed by atoms with Crippen LogP contribution in [-0.4, -0.2) is 35.6 Å². The molecule has 152 valence electrons. The highest BCUT2D eigenvalue weighted by Crippen LogP contribution is 2.30. The summed E-state index contributed by atoms with van der Waals surface area (Å²) < 4.78 is 10.2. The van der Waals surface area contributed by atoms with Crippen LogP contribution in [0.2, 0.25) is 0 Å². The van der Waals surface area contributed by atoms with Gasteiger partial charge in [0.1, 0.15) is 11.4 Å². The van der Waals surface area contributed by atoms with Crippen LogP contribution in [0.5, 0.6) is 5.75 Å². The van der Waals surface area contributed by atoms with Crippen molar-refractivity contribution in [3.8, 4) is 5.75 Å². The van der Waals surface area contributed by atoms with Crippen LogP contribution in [0.1, 0.15) is 28.7 Å². The molecule has 29 heavy (non-hydrogen) atoms. The Bertz CT molecular complexity index is 1020. The standard InChI is InChI=1S/C19H20N4O4S2/c1-4-27-16(24)8-12-9-28-18(20-12)23-17(25)14-10-29-19(22-14)21-13-7-11(2)5-6-15(13)26-3/h5-7,9-10H,4,8H2,1-3H3,(H,21,22)(H,20,23,25). The fourth-order valence-electron chi connectivity index (χ4n) is 2.44. The topological polar surface area (TPSA) is 102 Å². The maximum atomic E-state index is 12.4. The Balaban J connectivity index is 1.63. The van der Waals surface area contributed by atoms with Gasteiger partial charge in [0.25, 0.3) is 5.91 Å². The average molecular weight is 433 g/mol. The molecule has 0 bridgehead atoms. The van der Waals surface area contributed by atoms with E-state index < -0.39 is 0 Å². The molecule has 1 aromatic carbocycles. The smallest absolute Gasteiger partial charge is 0.311 e. The molecule has 8 nitrogen and oxygen atoms in total. The van der Waals surface area contributed by atoms with Gasteiger partial charge < -0.3 is 14.8 Å². The first-order valence-corrected chi connectivity index (χ1v) is 10.5. The van der Waals surface area contributed by atoms with Crippen LogP contribution in [0.25, 0.3) is 0 Å². The van der Waals surface area contributed by atoms with Crippen molar-refractivity contribution in [3.05, 3.63) is 45.9 Å². The molecule has 3 rings (SSSR count). The third-order valence-electron chi connectivity index (χ3n) is 3.74. The summed E-state index contributed by atoms with van der Waals surface area (Å²) in [5, 5.41) is 10.2. The molecule has 10 heteroatoms. The Kier molecular flexibility index (Phi) is 6.78. The van der Waals surface area contributed by atoms with Crippen LogP contribution in [0, 0.1) is 6.92 Å². The molecule has 0 saturated heterocycles. The number of esters is 1. The second-order valence-corrected chi connectivity index (χ2v) is 7.66. The number of hydrogen-bond donors (Lipinski definition) is 2. The zero-order valence-electron chi connectivity index (χ0n) is 16.1. The van der Waals surface area contributed by atoms with Crippen molar-refractivity contribution < 1.29 is 19.1 Å². The number of nitrogens with one attached hydrogen (secondary N) is 2. The monoisotopic (exact) mass is 432 g/mol. The summed E-state index contributed by atoms with van der Waals surface area (Å²) in [5.74, 6) is -0.0336. The molecular weight excluding hydrogens is 412 g/mol. The van der Waals surface area contributed by atoms with Gasteiger partial charge in [-0.25, -0.2) is 9.97 Å². The molecule has 0 atom stereocenters. The van der Waals surface area contributed by atoms with E-state index in [0.717, 1.165) is 11.3 Å². The van der Waals surface area contributed by atoms with Crippen LogP contribution in [0.15, 0.2) is 29.0 Å². The van der Waals surface area contributed by atoms with E-state index in [9.17, 15) is 9.59 Å². The van der Waals surface area contributed by atoms with Crippen molar-refractivity contribution >= 4 is 50.5 Å². The summed E-state index contributed by atoms with van der Waals surface area (Å²) in [6, 6.07) is 5.77. The second kappa shape index (κ2) is 9.48. The summed E-state index contributed by atoms with van der Waals surface area (Å²) in [6.45, 7) is 4.05. The summed E-state index contributed by atoms with van der Waals surface area (Å²) in [5.41, 5.74) is 2.67. The van der Waals surface area contributed by atoms with Gasteiger partial charge in [-0.05, 0) is 31.5 Å². The predicted octanol–water partition coefficient (Wildman–Crippen LogP) is 4.02. The zero-order chi connectivity index (χ0) is 20.8. The normalized spacial score (nSPS) is 10.4. The molecule has 1 amide bonds. The molecule has 2 N–H and O–H groups in total. The van der Waals surface area contributed by atoms with Crippen molar-refractivity contribution in [2.24, 2.45) is 0 Å². The lowest BCUT2D eigenvalue weighted by molar-refractivity contribution is -0.142. The van der Waals surface area contributed by atoms with Gasteiger partial charge in [0.15, 0.2) is 10.3 Å². The van der Waals surface area contributed by atoms with Crippen molar-refractivity contribution in [2.75, 3.05) is 24.4 Å². The average Bonchev–Trinajstić information content (AvgIpc) is 3.32. The lowest BCUT2D eigenvalue weighted by atomic mass is 10.2. The molecule has 3 aromatic rings. The number of rotatable bonds is 8. The maximum absolute atomic E-state index is 12.4. The maximum Gasteiger partial charge on any atom is 0.311 e. The Morgan fingerprint density at radius 2 is 1.93 bits per heavy atom. The molecule has 0 aliphatic heterocycles. The molecule has 0 aliphatic rings. The van der Waals surface area contributed by atoms with Crippen LogP contribution in [-0.2, 0) is 16.0 Å². The lowest BCUT2D eigenvalue weighted by Crippen LogP contribution is -2.12. The Morgan fingerprint density at radius 3 is 2.69 bits per heavy atom. The van der Waals surface area contributed by atoms with E-state index in [1.807, 2.05) is 25.1 Å². The number of anilines is 3. The number of carbonyl (C=O) groups excluding carboxylic acids is 2. The van der Waals surface area contributed by atoms with Gasteiger partial charge in [-0.3, -0.25) is 14.9 Å². The molecule has 2 aromatic heterocycles. The Labute approximate surface area is 175 Å². The third-order valence-corrected chi connectivity index (χ3v) is 5.30. The van der Waals surface area contributed by atoms with Crippen molar-refractivity contribution in [1.82, 2.24) is 9.97 Å². The number of carbonyl (C=O) groups is 2. The van der Waals surface area contributed by atoms with E-state index in [4.69, 9.17) is 9.47 Å². The molecule has 0 fully saturated rings. The Morgan fingerprint density at radius 1 is 1.14 bits per heavy atom. The molecule has 0 aliphatic carbocycles. The van der Waals surface area contributed by atoms with E-state index in [0.29, 0.717) is 28.3 Å². The predicted molar refractivity (Wildman–Crippen MR) is 114 cm³/mol. The molecule has 0 unspecified atom stereocenters. The summed E-state index contributed by atoms with van der Waals surface area (Å²) in [7, 11) is 1.60. The first-order chi connectivity index (χ1) is 14.0. The molecule has 2 heterocycles. The van der Waals surface area contributed by atoms with Gasteiger partial charge in [-0.15, -0.1) is 22.7 Å². The number of benzene rings is 1. The molecule has 0 radical (unpaired) electrons. The van der Waals surface area contributed by atoms with Gasteiger partial charge in [-0.2, -0.15) is 0 Å². The SMILES string of the molecule is CCOC(=O)Cc1csc(NC(=O)c2csc(Nc3cc(C)ccc3OC)n2)n1. The van der Waals surface area contributed by atoms with E-state index in [1.165, 1.54) is 22.7 Å². The zero-order valence-corrected chi connectivity index (χ0v) is 17.8. The fraction of sp³-hybridized carbons (Fsp3) is 0.263.